The maximum absolute atomic E-state index is 12.5. The molecule has 0 fully saturated rings. The highest BCUT2D eigenvalue weighted by molar-refractivity contribution is 9.10. The lowest BCUT2D eigenvalue weighted by Gasteiger charge is -2.37. The van der Waals surface area contributed by atoms with Gasteiger partial charge in [0.1, 0.15) is 0 Å². The molecular formula is C16H18BrNO4. The van der Waals surface area contributed by atoms with Crippen molar-refractivity contribution in [1.29, 1.82) is 0 Å². The van der Waals surface area contributed by atoms with Crippen molar-refractivity contribution in [2.75, 3.05) is 6.61 Å². The van der Waals surface area contributed by atoms with Crippen LogP contribution in [0.5, 0.6) is 0 Å². The molecule has 1 aliphatic heterocycles. The van der Waals surface area contributed by atoms with Crippen molar-refractivity contribution < 1.29 is 19.1 Å². The Balaban J connectivity index is 2.52. The second kappa shape index (κ2) is 6.52. The standard InChI is InChI=1S/C16H18BrNO4/c1-4-21-15(20)16(11-5-7-12(17)8-6-11)18-13(10(2)3)9-14(19)22-16/h5-10,18H,4H2,1-3H3. The minimum absolute atomic E-state index is 0.0390. The molecule has 1 unspecified atom stereocenters. The molecule has 2 rings (SSSR count). The number of allylic oxidation sites excluding steroid dienone is 1. The van der Waals surface area contributed by atoms with Crippen molar-refractivity contribution in [2.24, 2.45) is 5.92 Å². The Bertz CT molecular complexity index is 609. The van der Waals surface area contributed by atoms with Crippen LogP contribution in [-0.2, 0) is 24.8 Å². The first-order chi connectivity index (χ1) is 10.4. The Kier molecular flexibility index (Phi) is 4.90. The molecule has 0 bridgehead atoms. The predicted octanol–water partition coefficient (Wildman–Crippen LogP) is 2.85. The molecule has 1 heterocycles. The van der Waals surface area contributed by atoms with Crippen LogP contribution in [0.2, 0.25) is 0 Å². The Hall–Kier alpha value is -1.82. The summed E-state index contributed by atoms with van der Waals surface area (Å²) in [6, 6.07) is 6.98. The molecule has 1 aliphatic rings. The fourth-order valence-corrected chi connectivity index (χ4v) is 2.41. The Morgan fingerprint density at radius 2 is 2.00 bits per heavy atom. The number of halogens is 1. The summed E-state index contributed by atoms with van der Waals surface area (Å²) in [6.45, 7) is 5.75. The van der Waals surface area contributed by atoms with Crippen LogP contribution in [0.3, 0.4) is 0 Å². The van der Waals surface area contributed by atoms with E-state index in [2.05, 4.69) is 21.2 Å². The molecule has 0 aromatic heterocycles. The van der Waals surface area contributed by atoms with E-state index in [4.69, 9.17) is 9.47 Å². The van der Waals surface area contributed by atoms with Gasteiger partial charge in [-0.3, -0.25) is 0 Å². The molecule has 0 amide bonds. The summed E-state index contributed by atoms with van der Waals surface area (Å²) < 4.78 is 11.4. The molecule has 1 aromatic rings. The van der Waals surface area contributed by atoms with Crippen LogP contribution < -0.4 is 5.32 Å². The fraction of sp³-hybridized carbons (Fsp3) is 0.375. The maximum Gasteiger partial charge on any atom is 0.377 e. The minimum atomic E-state index is -1.65. The lowest BCUT2D eigenvalue weighted by molar-refractivity contribution is -0.187. The summed E-state index contributed by atoms with van der Waals surface area (Å²) in [5.41, 5.74) is -0.511. The van der Waals surface area contributed by atoms with E-state index >= 15 is 0 Å². The summed E-state index contributed by atoms with van der Waals surface area (Å²) in [6.07, 6.45) is 1.36. The van der Waals surface area contributed by atoms with Gasteiger partial charge in [0.25, 0.3) is 0 Å². The number of nitrogens with one attached hydrogen (secondary N) is 1. The van der Waals surface area contributed by atoms with Crippen molar-refractivity contribution >= 4 is 27.9 Å². The van der Waals surface area contributed by atoms with Crippen molar-refractivity contribution in [3.63, 3.8) is 0 Å². The third kappa shape index (κ3) is 3.16. The number of hydrogen-bond acceptors (Lipinski definition) is 5. The number of carbonyl (C=O) groups excluding carboxylic acids is 2. The molecular weight excluding hydrogens is 350 g/mol. The first-order valence-corrected chi connectivity index (χ1v) is 7.84. The van der Waals surface area contributed by atoms with E-state index in [1.54, 1.807) is 31.2 Å². The SMILES string of the molecule is CCOC(=O)C1(c2ccc(Br)cc2)NC(C(C)C)=CC(=O)O1. The van der Waals surface area contributed by atoms with E-state index < -0.39 is 17.7 Å². The monoisotopic (exact) mass is 367 g/mol. The Labute approximate surface area is 137 Å². The summed E-state index contributed by atoms with van der Waals surface area (Å²) >= 11 is 3.35. The van der Waals surface area contributed by atoms with E-state index in [9.17, 15) is 9.59 Å². The highest BCUT2D eigenvalue weighted by Gasteiger charge is 2.48. The van der Waals surface area contributed by atoms with Gasteiger partial charge < -0.3 is 14.8 Å². The van der Waals surface area contributed by atoms with Crippen LogP contribution in [0, 0.1) is 5.92 Å². The van der Waals surface area contributed by atoms with Gasteiger partial charge in [0.15, 0.2) is 0 Å². The molecule has 6 heteroatoms. The zero-order chi connectivity index (χ0) is 16.3. The number of hydrogen-bond donors (Lipinski definition) is 1. The van der Waals surface area contributed by atoms with Gasteiger partial charge in [-0.1, -0.05) is 41.9 Å². The molecule has 0 aliphatic carbocycles. The molecule has 0 saturated heterocycles. The van der Waals surface area contributed by atoms with Gasteiger partial charge in [-0.2, -0.15) is 0 Å². The summed E-state index contributed by atoms with van der Waals surface area (Å²) in [5.74, 6) is -1.17. The predicted molar refractivity (Wildman–Crippen MR) is 84.6 cm³/mol. The molecule has 0 spiro atoms. The lowest BCUT2D eigenvalue weighted by Crippen LogP contribution is -2.55. The zero-order valence-corrected chi connectivity index (χ0v) is 14.3. The molecule has 1 aromatic carbocycles. The smallest absolute Gasteiger partial charge is 0.377 e. The van der Waals surface area contributed by atoms with Crippen molar-refractivity contribution in [2.45, 2.75) is 26.5 Å². The summed E-state index contributed by atoms with van der Waals surface area (Å²) in [7, 11) is 0. The second-order valence-electron chi connectivity index (χ2n) is 5.21. The maximum atomic E-state index is 12.5. The third-order valence-electron chi connectivity index (χ3n) is 3.28. The topological polar surface area (TPSA) is 64.6 Å². The van der Waals surface area contributed by atoms with Crippen LogP contribution in [0.1, 0.15) is 26.3 Å². The average Bonchev–Trinajstić information content (AvgIpc) is 2.47. The van der Waals surface area contributed by atoms with Crippen molar-refractivity contribution in [3.8, 4) is 0 Å². The van der Waals surface area contributed by atoms with Crippen molar-refractivity contribution in [1.82, 2.24) is 5.32 Å². The first-order valence-electron chi connectivity index (χ1n) is 7.05. The first kappa shape index (κ1) is 16.5. The van der Waals surface area contributed by atoms with Crippen LogP contribution in [0.25, 0.3) is 0 Å². The normalized spacial score (nSPS) is 21.0. The van der Waals surface area contributed by atoms with Gasteiger partial charge in [-0.05, 0) is 25.0 Å². The van der Waals surface area contributed by atoms with Crippen LogP contribution >= 0.6 is 15.9 Å². The Morgan fingerprint density at radius 3 is 2.55 bits per heavy atom. The van der Waals surface area contributed by atoms with Gasteiger partial charge in [0.2, 0.25) is 0 Å². The van der Waals surface area contributed by atoms with Crippen LogP contribution in [-0.4, -0.2) is 18.5 Å². The number of benzene rings is 1. The minimum Gasteiger partial charge on any atom is -0.461 e. The third-order valence-corrected chi connectivity index (χ3v) is 3.81. The summed E-state index contributed by atoms with van der Waals surface area (Å²) in [5, 5.41) is 3.05. The van der Waals surface area contributed by atoms with E-state index in [1.807, 2.05) is 13.8 Å². The van der Waals surface area contributed by atoms with Crippen LogP contribution in [0.4, 0.5) is 0 Å². The Morgan fingerprint density at radius 1 is 1.36 bits per heavy atom. The molecule has 0 radical (unpaired) electrons. The van der Waals surface area contributed by atoms with E-state index in [0.29, 0.717) is 11.3 Å². The second-order valence-corrected chi connectivity index (χ2v) is 6.12. The van der Waals surface area contributed by atoms with E-state index in [-0.39, 0.29) is 12.5 Å². The molecule has 1 atom stereocenters. The quantitative estimate of drug-likeness (QED) is 0.828. The number of carbonyl (C=O) groups is 2. The van der Waals surface area contributed by atoms with Crippen LogP contribution in [0.15, 0.2) is 40.5 Å². The number of ether oxygens (including phenoxy) is 2. The lowest BCUT2D eigenvalue weighted by atomic mass is 9.98. The van der Waals surface area contributed by atoms with E-state index in [1.165, 1.54) is 6.08 Å². The van der Waals surface area contributed by atoms with Gasteiger partial charge >= 0.3 is 17.7 Å². The van der Waals surface area contributed by atoms with Gasteiger partial charge in [-0.25, -0.2) is 9.59 Å². The highest BCUT2D eigenvalue weighted by Crippen LogP contribution is 2.32. The van der Waals surface area contributed by atoms with Gasteiger partial charge in [-0.15, -0.1) is 0 Å². The highest BCUT2D eigenvalue weighted by atomic mass is 79.9. The molecule has 5 nitrogen and oxygen atoms in total. The van der Waals surface area contributed by atoms with Crippen molar-refractivity contribution in [3.05, 3.63) is 46.1 Å². The fourth-order valence-electron chi connectivity index (χ4n) is 2.14. The zero-order valence-electron chi connectivity index (χ0n) is 12.7. The molecule has 22 heavy (non-hydrogen) atoms. The number of esters is 2. The largest absolute Gasteiger partial charge is 0.461 e. The van der Waals surface area contributed by atoms with Gasteiger partial charge in [0, 0.05) is 21.8 Å². The molecule has 118 valence electrons. The number of cyclic esters (lactones) is 1. The summed E-state index contributed by atoms with van der Waals surface area (Å²) in [4.78, 5) is 24.5. The molecule has 0 saturated carbocycles. The molecule has 1 N–H and O–H groups in total. The number of rotatable bonds is 4. The van der Waals surface area contributed by atoms with Gasteiger partial charge in [0.05, 0.1) is 6.61 Å². The average molecular weight is 368 g/mol. The van der Waals surface area contributed by atoms with E-state index in [0.717, 1.165) is 4.47 Å².